The van der Waals surface area contributed by atoms with Gasteiger partial charge in [0.15, 0.2) is 0 Å². The molecule has 1 aliphatic rings. The number of aliphatic imine (C=N–C) groups is 1. The number of benzene rings is 2. The molecule has 0 unspecified atom stereocenters. The second-order valence-corrected chi connectivity index (χ2v) is 5.06. The second-order valence-electron chi connectivity index (χ2n) is 4.66. The third-order valence-corrected chi connectivity index (χ3v) is 3.45. The van der Waals surface area contributed by atoms with E-state index >= 15 is 0 Å². The van der Waals surface area contributed by atoms with E-state index in [0.717, 1.165) is 24.5 Å². The molecule has 1 N–H and O–H groups in total. The number of nitro benzene ring substituents is 1. The van der Waals surface area contributed by atoms with Crippen molar-refractivity contribution >= 4 is 35.5 Å². The first-order valence-corrected chi connectivity index (χ1v) is 7.02. The number of nitro groups is 1. The summed E-state index contributed by atoms with van der Waals surface area (Å²) in [4.78, 5) is 14.5. The van der Waals surface area contributed by atoms with Gasteiger partial charge >= 0.3 is 0 Å². The molecule has 0 aromatic heterocycles. The van der Waals surface area contributed by atoms with Gasteiger partial charge in [-0.25, -0.2) is 0 Å². The van der Waals surface area contributed by atoms with Crippen molar-refractivity contribution in [1.82, 2.24) is 5.32 Å². The lowest BCUT2D eigenvalue weighted by molar-refractivity contribution is -0.384. The van der Waals surface area contributed by atoms with E-state index in [9.17, 15) is 10.1 Å². The quantitative estimate of drug-likeness (QED) is 0.669. The predicted molar refractivity (Wildman–Crippen MR) is 91.3 cm³/mol. The SMILES string of the molecule is Cl.O=[N+]([O-])c1ccc(Oc2ccc(C3=NCCN3)cc2)c(Cl)c1. The molecule has 0 aliphatic carbocycles. The molecule has 23 heavy (non-hydrogen) atoms. The summed E-state index contributed by atoms with van der Waals surface area (Å²) in [7, 11) is 0. The summed E-state index contributed by atoms with van der Waals surface area (Å²) in [6.07, 6.45) is 0. The van der Waals surface area contributed by atoms with Crippen LogP contribution < -0.4 is 10.1 Å². The van der Waals surface area contributed by atoms with Crippen molar-refractivity contribution in [3.63, 3.8) is 0 Å². The van der Waals surface area contributed by atoms with E-state index in [-0.39, 0.29) is 23.1 Å². The number of nitrogens with zero attached hydrogens (tertiary/aromatic N) is 2. The monoisotopic (exact) mass is 353 g/mol. The van der Waals surface area contributed by atoms with Gasteiger partial charge in [-0.1, -0.05) is 11.6 Å². The lowest BCUT2D eigenvalue weighted by atomic mass is 10.2. The van der Waals surface area contributed by atoms with Crippen LogP contribution in [0.5, 0.6) is 11.5 Å². The van der Waals surface area contributed by atoms with Gasteiger partial charge in [-0.3, -0.25) is 15.1 Å². The van der Waals surface area contributed by atoms with Crippen molar-refractivity contribution in [2.75, 3.05) is 13.1 Å². The number of amidine groups is 1. The summed E-state index contributed by atoms with van der Waals surface area (Å²) in [5.41, 5.74) is 0.915. The smallest absolute Gasteiger partial charge is 0.271 e. The number of non-ortho nitro benzene ring substituents is 1. The van der Waals surface area contributed by atoms with Crippen molar-refractivity contribution in [1.29, 1.82) is 0 Å². The molecular weight excluding hydrogens is 341 g/mol. The summed E-state index contributed by atoms with van der Waals surface area (Å²) >= 11 is 6.00. The molecule has 0 atom stereocenters. The molecule has 0 amide bonds. The Balaban J connectivity index is 0.00000192. The van der Waals surface area contributed by atoms with Crippen molar-refractivity contribution in [3.8, 4) is 11.5 Å². The van der Waals surface area contributed by atoms with Crippen LogP contribution in [0.1, 0.15) is 5.56 Å². The van der Waals surface area contributed by atoms with Crippen LogP contribution in [0.3, 0.4) is 0 Å². The van der Waals surface area contributed by atoms with E-state index < -0.39 is 4.92 Å². The lowest BCUT2D eigenvalue weighted by Gasteiger charge is -2.08. The molecule has 0 saturated heterocycles. The molecule has 0 bridgehead atoms. The minimum absolute atomic E-state index is 0. The predicted octanol–water partition coefficient (Wildman–Crippen LogP) is 3.81. The number of hydrogen-bond donors (Lipinski definition) is 1. The normalized spacial score (nSPS) is 12.8. The summed E-state index contributed by atoms with van der Waals surface area (Å²) in [6.45, 7) is 1.64. The van der Waals surface area contributed by atoms with Gasteiger partial charge in [0, 0.05) is 24.2 Å². The van der Waals surface area contributed by atoms with E-state index in [2.05, 4.69) is 10.3 Å². The highest BCUT2D eigenvalue weighted by Gasteiger charge is 2.12. The van der Waals surface area contributed by atoms with Crippen molar-refractivity contribution < 1.29 is 9.66 Å². The molecule has 2 aromatic rings. The van der Waals surface area contributed by atoms with Crippen LogP contribution in [0.2, 0.25) is 5.02 Å². The Bertz CT molecular complexity index is 748. The van der Waals surface area contributed by atoms with E-state index in [0.29, 0.717) is 11.5 Å². The third kappa shape index (κ3) is 3.91. The highest BCUT2D eigenvalue weighted by molar-refractivity contribution is 6.32. The minimum atomic E-state index is -0.500. The van der Waals surface area contributed by atoms with Crippen LogP contribution >= 0.6 is 24.0 Å². The minimum Gasteiger partial charge on any atom is -0.456 e. The van der Waals surface area contributed by atoms with E-state index in [1.54, 1.807) is 12.1 Å². The molecule has 1 heterocycles. The zero-order valence-corrected chi connectivity index (χ0v) is 13.4. The Hall–Kier alpha value is -2.31. The number of halogens is 2. The maximum Gasteiger partial charge on any atom is 0.271 e. The Kier molecular flexibility index (Phi) is 5.41. The molecule has 2 aromatic carbocycles. The fourth-order valence-corrected chi connectivity index (χ4v) is 2.30. The molecule has 0 radical (unpaired) electrons. The summed E-state index contributed by atoms with van der Waals surface area (Å²) in [6, 6.07) is 11.5. The zero-order chi connectivity index (χ0) is 15.5. The van der Waals surface area contributed by atoms with E-state index in [1.807, 2.05) is 12.1 Å². The third-order valence-electron chi connectivity index (χ3n) is 3.16. The maximum absolute atomic E-state index is 10.7. The van der Waals surface area contributed by atoms with Crippen LogP contribution in [0.25, 0.3) is 0 Å². The van der Waals surface area contributed by atoms with E-state index in [1.165, 1.54) is 18.2 Å². The Morgan fingerprint density at radius 1 is 1.22 bits per heavy atom. The van der Waals surface area contributed by atoms with Gasteiger partial charge in [-0.05, 0) is 30.3 Å². The maximum atomic E-state index is 10.7. The molecule has 8 heteroatoms. The topological polar surface area (TPSA) is 76.8 Å². The number of hydrogen-bond acceptors (Lipinski definition) is 5. The largest absolute Gasteiger partial charge is 0.456 e. The van der Waals surface area contributed by atoms with Gasteiger partial charge < -0.3 is 10.1 Å². The first kappa shape index (κ1) is 17.1. The Morgan fingerprint density at radius 3 is 2.52 bits per heavy atom. The van der Waals surface area contributed by atoms with Crippen LogP contribution in [0.15, 0.2) is 47.5 Å². The standard InChI is InChI=1S/C15H12ClN3O3.ClH/c16-13-9-11(19(20)21)3-6-14(13)22-12-4-1-10(2-5-12)15-17-7-8-18-15;/h1-6,9H,7-8H2,(H,17,18);1H. The van der Waals surface area contributed by atoms with Gasteiger partial charge in [-0.15, -0.1) is 12.4 Å². The van der Waals surface area contributed by atoms with Crippen molar-refractivity contribution in [2.24, 2.45) is 4.99 Å². The summed E-state index contributed by atoms with van der Waals surface area (Å²) in [5, 5.41) is 14.1. The Morgan fingerprint density at radius 2 is 1.96 bits per heavy atom. The highest BCUT2D eigenvalue weighted by Crippen LogP contribution is 2.32. The molecule has 120 valence electrons. The molecule has 3 rings (SSSR count). The molecule has 1 aliphatic heterocycles. The molecule has 0 spiro atoms. The molecule has 6 nitrogen and oxygen atoms in total. The molecular formula is C15H13Cl2N3O3. The summed E-state index contributed by atoms with van der Waals surface area (Å²) in [5.74, 6) is 1.84. The average molecular weight is 354 g/mol. The van der Waals surface area contributed by atoms with Crippen LogP contribution in [0.4, 0.5) is 5.69 Å². The van der Waals surface area contributed by atoms with E-state index in [4.69, 9.17) is 16.3 Å². The fraction of sp³-hybridized carbons (Fsp3) is 0.133. The van der Waals surface area contributed by atoms with Crippen molar-refractivity contribution in [3.05, 3.63) is 63.2 Å². The zero-order valence-electron chi connectivity index (χ0n) is 11.9. The fourth-order valence-electron chi connectivity index (χ4n) is 2.09. The highest BCUT2D eigenvalue weighted by atomic mass is 35.5. The first-order valence-electron chi connectivity index (χ1n) is 6.64. The molecule has 0 saturated carbocycles. The lowest BCUT2D eigenvalue weighted by Crippen LogP contribution is -2.19. The second kappa shape index (κ2) is 7.30. The van der Waals surface area contributed by atoms with Crippen LogP contribution in [-0.2, 0) is 0 Å². The Labute approximate surface area is 143 Å². The average Bonchev–Trinajstić information content (AvgIpc) is 3.04. The summed E-state index contributed by atoms with van der Waals surface area (Å²) < 4.78 is 5.65. The van der Waals surface area contributed by atoms with Crippen LogP contribution in [0, 0.1) is 10.1 Å². The van der Waals surface area contributed by atoms with Gasteiger partial charge in [0.1, 0.15) is 17.3 Å². The number of nitrogens with one attached hydrogen (secondary N) is 1. The van der Waals surface area contributed by atoms with Crippen molar-refractivity contribution in [2.45, 2.75) is 0 Å². The van der Waals surface area contributed by atoms with Crippen LogP contribution in [-0.4, -0.2) is 23.8 Å². The van der Waals surface area contributed by atoms with Gasteiger partial charge in [0.25, 0.3) is 5.69 Å². The van der Waals surface area contributed by atoms with Gasteiger partial charge in [-0.2, -0.15) is 0 Å². The number of rotatable bonds is 4. The molecule has 0 fully saturated rings. The first-order chi connectivity index (χ1) is 10.6. The van der Waals surface area contributed by atoms with Gasteiger partial charge in [0.2, 0.25) is 0 Å². The number of ether oxygens (including phenoxy) is 1. The van der Waals surface area contributed by atoms with Gasteiger partial charge in [0.05, 0.1) is 16.5 Å².